The van der Waals surface area contributed by atoms with E-state index in [9.17, 15) is 9.50 Å². The standard InChI is InChI=1S/C9H13FO/c1-9(2,11)7-4-3-5-8(10)6-7/h4,6,11H,3,5H2,1-2H3. The van der Waals surface area contributed by atoms with E-state index in [1.807, 2.05) is 6.08 Å². The second-order valence-electron chi connectivity index (χ2n) is 3.35. The highest BCUT2D eigenvalue weighted by molar-refractivity contribution is 5.31. The van der Waals surface area contributed by atoms with Gasteiger partial charge in [0.25, 0.3) is 0 Å². The van der Waals surface area contributed by atoms with Crippen molar-refractivity contribution in [3.63, 3.8) is 0 Å². The lowest BCUT2D eigenvalue weighted by Crippen LogP contribution is -2.21. The predicted molar refractivity (Wildman–Crippen MR) is 42.8 cm³/mol. The van der Waals surface area contributed by atoms with Crippen LogP contribution < -0.4 is 0 Å². The first-order chi connectivity index (χ1) is 5.00. The second-order valence-corrected chi connectivity index (χ2v) is 3.35. The highest BCUT2D eigenvalue weighted by Crippen LogP contribution is 2.25. The lowest BCUT2D eigenvalue weighted by molar-refractivity contribution is 0.122. The molecular weight excluding hydrogens is 143 g/mol. The summed E-state index contributed by atoms with van der Waals surface area (Å²) in [5.41, 5.74) is -0.223. The summed E-state index contributed by atoms with van der Waals surface area (Å²) in [7, 11) is 0. The van der Waals surface area contributed by atoms with Crippen LogP contribution in [-0.2, 0) is 0 Å². The first kappa shape index (κ1) is 8.47. The minimum atomic E-state index is -0.905. The smallest absolute Gasteiger partial charge is 0.101 e. The Bertz CT molecular complexity index is 208. The summed E-state index contributed by atoms with van der Waals surface area (Å²) in [5, 5.41) is 9.48. The molecular formula is C9H13FO. The van der Waals surface area contributed by atoms with Crippen LogP contribution in [-0.4, -0.2) is 10.7 Å². The maximum Gasteiger partial charge on any atom is 0.101 e. The van der Waals surface area contributed by atoms with Gasteiger partial charge in [-0.3, -0.25) is 0 Å². The molecule has 0 atom stereocenters. The van der Waals surface area contributed by atoms with Crippen LogP contribution in [0.3, 0.4) is 0 Å². The van der Waals surface area contributed by atoms with E-state index in [4.69, 9.17) is 0 Å². The van der Waals surface area contributed by atoms with E-state index in [1.54, 1.807) is 13.8 Å². The third-order valence-corrected chi connectivity index (χ3v) is 1.77. The average molecular weight is 156 g/mol. The van der Waals surface area contributed by atoms with E-state index in [1.165, 1.54) is 6.08 Å². The molecule has 11 heavy (non-hydrogen) atoms. The molecule has 0 heterocycles. The third-order valence-electron chi connectivity index (χ3n) is 1.77. The molecule has 1 nitrogen and oxygen atoms in total. The van der Waals surface area contributed by atoms with Crippen molar-refractivity contribution in [2.24, 2.45) is 0 Å². The van der Waals surface area contributed by atoms with E-state index < -0.39 is 5.60 Å². The molecule has 0 aromatic rings. The highest BCUT2D eigenvalue weighted by atomic mass is 19.1. The molecule has 0 saturated carbocycles. The molecule has 0 fully saturated rings. The van der Waals surface area contributed by atoms with Crippen molar-refractivity contribution in [2.75, 3.05) is 0 Å². The Labute approximate surface area is 66.2 Å². The molecule has 0 saturated heterocycles. The van der Waals surface area contributed by atoms with E-state index in [-0.39, 0.29) is 5.83 Å². The van der Waals surface area contributed by atoms with Crippen LogP contribution in [0.5, 0.6) is 0 Å². The first-order valence-corrected chi connectivity index (χ1v) is 3.79. The highest BCUT2D eigenvalue weighted by Gasteiger charge is 2.19. The van der Waals surface area contributed by atoms with Crippen molar-refractivity contribution >= 4 is 0 Å². The molecule has 0 unspecified atom stereocenters. The molecule has 0 bridgehead atoms. The van der Waals surface area contributed by atoms with Crippen molar-refractivity contribution in [3.05, 3.63) is 23.6 Å². The van der Waals surface area contributed by atoms with E-state index in [2.05, 4.69) is 0 Å². The van der Waals surface area contributed by atoms with Crippen LogP contribution in [0.2, 0.25) is 0 Å². The van der Waals surface area contributed by atoms with Gasteiger partial charge in [-0.1, -0.05) is 6.08 Å². The molecule has 0 spiro atoms. The normalized spacial score (nSPS) is 19.3. The summed E-state index contributed by atoms with van der Waals surface area (Å²) in [6, 6.07) is 0. The molecule has 2 heteroatoms. The number of aliphatic hydroxyl groups is 1. The number of allylic oxidation sites excluding steroid dienone is 2. The van der Waals surface area contributed by atoms with Gasteiger partial charge in [-0.05, 0) is 31.9 Å². The van der Waals surface area contributed by atoms with Crippen LogP contribution in [0.25, 0.3) is 0 Å². The SMILES string of the molecule is CC(C)(O)C1=CCCC(F)=C1. The number of rotatable bonds is 1. The summed E-state index contributed by atoms with van der Waals surface area (Å²) in [6.45, 7) is 3.32. The molecule has 0 radical (unpaired) electrons. The maximum atomic E-state index is 12.7. The van der Waals surface area contributed by atoms with Crippen LogP contribution in [0.1, 0.15) is 26.7 Å². The Morgan fingerprint density at radius 3 is 2.55 bits per heavy atom. The molecule has 1 aliphatic carbocycles. The zero-order valence-electron chi connectivity index (χ0n) is 6.89. The monoisotopic (exact) mass is 156 g/mol. The van der Waals surface area contributed by atoms with Gasteiger partial charge in [-0.15, -0.1) is 0 Å². The zero-order valence-corrected chi connectivity index (χ0v) is 6.89. The molecule has 1 N–H and O–H groups in total. The molecule has 0 aliphatic heterocycles. The summed E-state index contributed by atoms with van der Waals surface area (Å²) in [4.78, 5) is 0. The first-order valence-electron chi connectivity index (χ1n) is 3.79. The van der Waals surface area contributed by atoms with Crippen molar-refractivity contribution in [1.82, 2.24) is 0 Å². The van der Waals surface area contributed by atoms with E-state index in [0.29, 0.717) is 18.4 Å². The topological polar surface area (TPSA) is 20.2 Å². The van der Waals surface area contributed by atoms with Gasteiger partial charge in [0.1, 0.15) is 5.83 Å². The van der Waals surface area contributed by atoms with Crippen molar-refractivity contribution in [3.8, 4) is 0 Å². The second kappa shape index (κ2) is 2.78. The minimum Gasteiger partial charge on any atom is -0.386 e. The summed E-state index contributed by atoms with van der Waals surface area (Å²) < 4.78 is 12.7. The Kier molecular flexibility index (Phi) is 2.14. The van der Waals surface area contributed by atoms with E-state index >= 15 is 0 Å². The van der Waals surface area contributed by atoms with Gasteiger partial charge in [0.15, 0.2) is 0 Å². The molecule has 0 aromatic carbocycles. The van der Waals surface area contributed by atoms with Crippen LogP contribution in [0.15, 0.2) is 23.6 Å². The Hall–Kier alpha value is -0.630. The molecule has 1 aliphatic rings. The largest absolute Gasteiger partial charge is 0.386 e. The van der Waals surface area contributed by atoms with Gasteiger partial charge in [0.2, 0.25) is 0 Å². The summed E-state index contributed by atoms with van der Waals surface area (Å²) in [5.74, 6) is -0.135. The lowest BCUT2D eigenvalue weighted by Gasteiger charge is -2.21. The van der Waals surface area contributed by atoms with Gasteiger partial charge in [-0.25, -0.2) is 4.39 Å². The van der Waals surface area contributed by atoms with Gasteiger partial charge in [-0.2, -0.15) is 0 Å². The molecule has 0 amide bonds. The number of hydrogen-bond donors (Lipinski definition) is 1. The Balaban J connectivity index is 2.82. The molecule has 1 rings (SSSR count). The van der Waals surface area contributed by atoms with Crippen molar-refractivity contribution < 1.29 is 9.50 Å². The number of halogens is 1. The Morgan fingerprint density at radius 1 is 1.55 bits per heavy atom. The number of hydrogen-bond acceptors (Lipinski definition) is 1. The fraction of sp³-hybridized carbons (Fsp3) is 0.556. The Morgan fingerprint density at radius 2 is 2.18 bits per heavy atom. The quantitative estimate of drug-likeness (QED) is 0.617. The predicted octanol–water partition coefficient (Wildman–Crippen LogP) is 2.33. The van der Waals surface area contributed by atoms with Gasteiger partial charge in [0, 0.05) is 6.42 Å². The molecule has 62 valence electrons. The van der Waals surface area contributed by atoms with E-state index in [0.717, 1.165) is 0 Å². The van der Waals surface area contributed by atoms with Gasteiger partial charge >= 0.3 is 0 Å². The van der Waals surface area contributed by atoms with Crippen LogP contribution in [0, 0.1) is 0 Å². The third kappa shape index (κ3) is 2.15. The molecule has 0 aromatic heterocycles. The zero-order chi connectivity index (χ0) is 8.48. The minimum absolute atomic E-state index is 0.135. The maximum absolute atomic E-state index is 12.7. The summed E-state index contributed by atoms with van der Waals surface area (Å²) in [6.07, 6.45) is 4.47. The summed E-state index contributed by atoms with van der Waals surface area (Å²) >= 11 is 0. The lowest BCUT2D eigenvalue weighted by atomic mass is 9.93. The van der Waals surface area contributed by atoms with Gasteiger partial charge in [0.05, 0.1) is 5.60 Å². The average Bonchev–Trinajstić information content (AvgIpc) is 1.86. The van der Waals surface area contributed by atoms with Crippen LogP contribution >= 0.6 is 0 Å². The fourth-order valence-electron chi connectivity index (χ4n) is 1.09. The van der Waals surface area contributed by atoms with Crippen molar-refractivity contribution in [2.45, 2.75) is 32.3 Å². The van der Waals surface area contributed by atoms with Crippen molar-refractivity contribution in [1.29, 1.82) is 0 Å². The fourth-order valence-corrected chi connectivity index (χ4v) is 1.09. The van der Waals surface area contributed by atoms with Gasteiger partial charge < -0.3 is 5.11 Å². The van der Waals surface area contributed by atoms with Crippen LogP contribution in [0.4, 0.5) is 4.39 Å².